The maximum atomic E-state index is 12.4. The van der Waals surface area contributed by atoms with E-state index in [-0.39, 0.29) is 6.54 Å². The van der Waals surface area contributed by atoms with Gasteiger partial charge in [-0.1, -0.05) is 5.21 Å². The molecule has 130 valence electrons. The molecule has 1 unspecified atom stereocenters. The monoisotopic (exact) mass is 344 g/mol. The van der Waals surface area contributed by atoms with Crippen LogP contribution in [0.15, 0.2) is 24.7 Å². The molecule has 0 aliphatic heterocycles. The minimum absolute atomic E-state index is 0.0663. The molecule has 10 heteroatoms. The van der Waals surface area contributed by atoms with Crippen LogP contribution in [0.25, 0.3) is 5.65 Å². The van der Waals surface area contributed by atoms with Crippen molar-refractivity contribution in [1.29, 1.82) is 0 Å². The number of ether oxygens (including phenoxy) is 2. The number of hydrogen-bond donors (Lipinski definition) is 0. The molecular weight excluding hydrogens is 328 g/mol. The molecule has 1 atom stereocenters. The molecule has 0 amide bonds. The van der Waals surface area contributed by atoms with Crippen LogP contribution in [-0.2, 0) is 20.8 Å². The Balaban J connectivity index is 1.73. The van der Waals surface area contributed by atoms with Crippen LogP contribution in [-0.4, -0.2) is 48.6 Å². The van der Waals surface area contributed by atoms with Gasteiger partial charge in [0.1, 0.15) is 18.3 Å². The topological polar surface area (TPSA) is 114 Å². The zero-order chi connectivity index (χ0) is 18.0. The Labute approximate surface area is 142 Å². The molecule has 0 saturated heterocycles. The molecule has 3 rings (SSSR count). The van der Waals surface area contributed by atoms with E-state index in [4.69, 9.17) is 4.74 Å². The Morgan fingerprint density at radius 2 is 2.16 bits per heavy atom. The molecule has 0 aromatic carbocycles. The van der Waals surface area contributed by atoms with Gasteiger partial charge in [-0.2, -0.15) is 5.10 Å². The van der Waals surface area contributed by atoms with Crippen LogP contribution in [0.5, 0.6) is 0 Å². The summed E-state index contributed by atoms with van der Waals surface area (Å²) in [5.41, 5.74) is 2.00. The predicted octanol–water partition coefficient (Wildman–Crippen LogP) is 0.720. The fourth-order valence-corrected chi connectivity index (χ4v) is 2.25. The highest BCUT2D eigenvalue weighted by molar-refractivity contribution is 5.90. The van der Waals surface area contributed by atoms with Gasteiger partial charge in [0, 0.05) is 12.3 Å². The summed E-state index contributed by atoms with van der Waals surface area (Å²) < 4.78 is 12.9. The largest absolute Gasteiger partial charge is 0.468 e. The Morgan fingerprint density at radius 1 is 1.36 bits per heavy atom. The summed E-state index contributed by atoms with van der Waals surface area (Å²) in [5.74, 6) is -0.993. The van der Waals surface area contributed by atoms with Crippen molar-refractivity contribution < 1.29 is 19.1 Å². The van der Waals surface area contributed by atoms with E-state index in [1.807, 2.05) is 0 Å². The number of nitrogens with zero attached hydrogens (tertiary/aromatic N) is 6. The van der Waals surface area contributed by atoms with Gasteiger partial charge in [-0.25, -0.2) is 19.0 Å². The predicted molar refractivity (Wildman–Crippen MR) is 83.6 cm³/mol. The third-order valence-corrected chi connectivity index (χ3v) is 3.65. The Kier molecular flexibility index (Phi) is 4.42. The van der Waals surface area contributed by atoms with E-state index in [9.17, 15) is 9.59 Å². The Morgan fingerprint density at radius 3 is 2.92 bits per heavy atom. The van der Waals surface area contributed by atoms with Crippen molar-refractivity contribution in [2.45, 2.75) is 26.5 Å². The molecule has 10 nitrogen and oxygen atoms in total. The van der Waals surface area contributed by atoms with Crippen LogP contribution < -0.4 is 0 Å². The van der Waals surface area contributed by atoms with E-state index >= 15 is 0 Å². The standard InChI is InChI=1S/C15H16N6O4/c1-9-11(6-16-13-4-5-17-21(9)13)15(23)25-10(2)12-7-20(19-18-12)8-14(22)24-3/h4-7,10H,8H2,1-3H3. The van der Waals surface area contributed by atoms with E-state index in [1.165, 1.54) is 24.2 Å². The van der Waals surface area contributed by atoms with Crippen LogP contribution in [0.2, 0.25) is 0 Å². The van der Waals surface area contributed by atoms with Crippen LogP contribution in [0, 0.1) is 6.92 Å². The molecular formula is C15H16N6O4. The molecule has 3 aromatic heterocycles. The average Bonchev–Trinajstić information content (AvgIpc) is 3.24. The van der Waals surface area contributed by atoms with Crippen LogP contribution in [0.1, 0.15) is 34.8 Å². The van der Waals surface area contributed by atoms with Gasteiger partial charge < -0.3 is 9.47 Å². The molecule has 3 heterocycles. The Bertz CT molecular complexity index is 931. The molecule has 0 fully saturated rings. The maximum absolute atomic E-state index is 12.4. The van der Waals surface area contributed by atoms with Gasteiger partial charge in [0.05, 0.1) is 30.8 Å². The fourth-order valence-electron chi connectivity index (χ4n) is 2.25. The number of fused-ring (bicyclic) bond motifs is 1. The van der Waals surface area contributed by atoms with Gasteiger partial charge in [0.25, 0.3) is 0 Å². The quantitative estimate of drug-likeness (QED) is 0.622. The van der Waals surface area contributed by atoms with Gasteiger partial charge >= 0.3 is 11.9 Å². The van der Waals surface area contributed by atoms with Crippen molar-refractivity contribution in [3.05, 3.63) is 41.6 Å². The van der Waals surface area contributed by atoms with Crippen molar-refractivity contribution in [3.63, 3.8) is 0 Å². The SMILES string of the molecule is COC(=O)Cn1cc(C(C)OC(=O)c2cnc3ccnn3c2C)nn1. The molecule has 0 radical (unpaired) electrons. The van der Waals surface area contributed by atoms with Crippen molar-refractivity contribution in [2.75, 3.05) is 7.11 Å². The molecule has 25 heavy (non-hydrogen) atoms. The highest BCUT2D eigenvalue weighted by Gasteiger charge is 2.20. The second-order valence-electron chi connectivity index (χ2n) is 5.32. The number of esters is 2. The average molecular weight is 344 g/mol. The van der Waals surface area contributed by atoms with Crippen LogP contribution >= 0.6 is 0 Å². The van der Waals surface area contributed by atoms with Crippen LogP contribution in [0.4, 0.5) is 0 Å². The normalized spacial score (nSPS) is 12.1. The molecule has 0 saturated carbocycles. The van der Waals surface area contributed by atoms with Gasteiger partial charge in [-0.15, -0.1) is 5.10 Å². The molecule has 0 aliphatic rings. The minimum atomic E-state index is -0.647. The van der Waals surface area contributed by atoms with E-state index in [2.05, 4.69) is 25.1 Å². The van der Waals surface area contributed by atoms with Gasteiger partial charge in [0.2, 0.25) is 0 Å². The highest BCUT2D eigenvalue weighted by atomic mass is 16.5. The lowest BCUT2D eigenvalue weighted by molar-refractivity contribution is -0.141. The maximum Gasteiger partial charge on any atom is 0.342 e. The van der Waals surface area contributed by atoms with E-state index < -0.39 is 18.0 Å². The molecule has 0 N–H and O–H groups in total. The lowest BCUT2D eigenvalue weighted by Crippen LogP contribution is -2.14. The van der Waals surface area contributed by atoms with Gasteiger partial charge in [0.15, 0.2) is 5.65 Å². The highest BCUT2D eigenvalue weighted by Crippen LogP contribution is 2.18. The van der Waals surface area contributed by atoms with E-state index in [0.29, 0.717) is 22.6 Å². The first kappa shape index (κ1) is 16.6. The third-order valence-electron chi connectivity index (χ3n) is 3.65. The summed E-state index contributed by atoms with van der Waals surface area (Å²) in [4.78, 5) is 27.8. The zero-order valence-electron chi connectivity index (χ0n) is 13.9. The number of aryl methyl sites for hydroxylation is 1. The summed E-state index contributed by atoms with van der Waals surface area (Å²) in [6.07, 6.45) is 3.94. The number of methoxy groups -OCH3 is 1. The second-order valence-corrected chi connectivity index (χ2v) is 5.32. The zero-order valence-corrected chi connectivity index (χ0v) is 13.9. The number of rotatable bonds is 5. The lowest BCUT2D eigenvalue weighted by atomic mass is 10.2. The first-order valence-corrected chi connectivity index (χ1v) is 7.46. The first-order chi connectivity index (χ1) is 12.0. The van der Waals surface area contributed by atoms with Gasteiger partial charge in [-0.05, 0) is 13.8 Å². The van der Waals surface area contributed by atoms with Crippen LogP contribution in [0.3, 0.4) is 0 Å². The molecule has 0 spiro atoms. The van der Waals surface area contributed by atoms with Crippen molar-refractivity contribution in [2.24, 2.45) is 0 Å². The number of hydrogen-bond acceptors (Lipinski definition) is 8. The number of aromatic nitrogens is 6. The third kappa shape index (κ3) is 3.32. The van der Waals surface area contributed by atoms with E-state index in [1.54, 1.807) is 30.6 Å². The lowest BCUT2D eigenvalue weighted by Gasteiger charge is -2.12. The number of carbonyl (C=O) groups is 2. The first-order valence-electron chi connectivity index (χ1n) is 7.46. The van der Waals surface area contributed by atoms with Gasteiger partial charge in [-0.3, -0.25) is 4.79 Å². The molecule has 0 aliphatic carbocycles. The van der Waals surface area contributed by atoms with E-state index in [0.717, 1.165) is 0 Å². The van der Waals surface area contributed by atoms with Crippen molar-refractivity contribution >= 4 is 17.6 Å². The summed E-state index contributed by atoms with van der Waals surface area (Å²) in [7, 11) is 1.29. The second kappa shape index (κ2) is 6.67. The smallest absolute Gasteiger partial charge is 0.342 e. The Hall–Kier alpha value is -3.30. The van der Waals surface area contributed by atoms with Crippen molar-refractivity contribution in [3.8, 4) is 0 Å². The summed E-state index contributed by atoms with van der Waals surface area (Å²) >= 11 is 0. The minimum Gasteiger partial charge on any atom is -0.468 e. The molecule has 3 aromatic rings. The fraction of sp³-hybridized carbons (Fsp3) is 0.333. The summed E-state index contributed by atoms with van der Waals surface area (Å²) in [6, 6.07) is 1.74. The summed E-state index contributed by atoms with van der Waals surface area (Å²) in [6.45, 7) is 3.36. The molecule has 0 bridgehead atoms. The summed E-state index contributed by atoms with van der Waals surface area (Å²) in [5, 5.41) is 11.8. The van der Waals surface area contributed by atoms with Crippen molar-refractivity contribution in [1.82, 2.24) is 29.6 Å². The number of carbonyl (C=O) groups excluding carboxylic acids is 2.